The van der Waals surface area contributed by atoms with Gasteiger partial charge in [-0.2, -0.15) is 0 Å². The van der Waals surface area contributed by atoms with Gasteiger partial charge in [-0.15, -0.1) is 0 Å². The molecule has 5 nitrogen and oxygen atoms in total. The highest BCUT2D eigenvalue weighted by molar-refractivity contribution is 7.88. The number of likely N-dealkylation sites (tertiary alicyclic amines) is 1. The molecule has 23 heavy (non-hydrogen) atoms. The topological polar surface area (TPSA) is 66.5 Å². The number of piperidine rings is 1. The van der Waals surface area contributed by atoms with Gasteiger partial charge >= 0.3 is 0 Å². The number of aryl methyl sites for hydroxylation is 1. The van der Waals surface area contributed by atoms with Gasteiger partial charge < -0.3 is 4.90 Å². The van der Waals surface area contributed by atoms with Crippen LogP contribution in [0.4, 0.5) is 0 Å². The largest absolute Gasteiger partial charge is 0.342 e. The van der Waals surface area contributed by atoms with Gasteiger partial charge in [-0.05, 0) is 38.2 Å². The van der Waals surface area contributed by atoms with Gasteiger partial charge in [0.25, 0.3) is 0 Å². The lowest BCUT2D eigenvalue weighted by Gasteiger charge is -2.32. The van der Waals surface area contributed by atoms with Crippen LogP contribution in [0.25, 0.3) is 0 Å². The van der Waals surface area contributed by atoms with E-state index in [9.17, 15) is 13.2 Å². The zero-order valence-corrected chi connectivity index (χ0v) is 14.3. The van der Waals surface area contributed by atoms with Gasteiger partial charge in [0.15, 0.2) is 0 Å². The fourth-order valence-corrected chi connectivity index (χ4v) is 4.46. The van der Waals surface area contributed by atoms with E-state index in [2.05, 4.69) is 4.72 Å². The lowest BCUT2D eigenvalue weighted by atomic mass is 10.1. The van der Waals surface area contributed by atoms with E-state index < -0.39 is 10.0 Å². The molecular weight excluding hydrogens is 312 g/mol. The SMILES string of the molecule is Cc1ccc(CS(=O)(=O)NC2CCN(C(=O)C3CC3)CC2)cc1. The number of carbonyl (C=O) groups is 1. The first-order chi connectivity index (χ1) is 10.9. The van der Waals surface area contributed by atoms with Gasteiger partial charge in [0, 0.05) is 25.0 Å². The lowest BCUT2D eigenvalue weighted by molar-refractivity contribution is -0.133. The molecule has 1 aromatic rings. The van der Waals surface area contributed by atoms with Crippen molar-refractivity contribution in [3.8, 4) is 0 Å². The second kappa shape index (κ2) is 6.61. The molecule has 0 unspecified atom stereocenters. The summed E-state index contributed by atoms with van der Waals surface area (Å²) in [5.41, 5.74) is 1.91. The van der Waals surface area contributed by atoms with Crippen LogP contribution in [0.3, 0.4) is 0 Å². The second-order valence-electron chi connectivity index (χ2n) is 6.74. The van der Waals surface area contributed by atoms with Crippen molar-refractivity contribution in [2.45, 2.75) is 44.4 Å². The minimum atomic E-state index is -3.34. The van der Waals surface area contributed by atoms with Crippen LogP contribution in [-0.2, 0) is 20.6 Å². The summed E-state index contributed by atoms with van der Waals surface area (Å²) in [4.78, 5) is 13.9. The highest BCUT2D eigenvalue weighted by Gasteiger charge is 2.35. The molecular formula is C17H24N2O3S. The average Bonchev–Trinajstić information content (AvgIpc) is 3.34. The van der Waals surface area contributed by atoms with E-state index in [1.807, 2.05) is 36.1 Å². The zero-order chi connectivity index (χ0) is 16.4. The van der Waals surface area contributed by atoms with Crippen LogP contribution in [-0.4, -0.2) is 38.4 Å². The highest BCUT2D eigenvalue weighted by Crippen LogP contribution is 2.31. The molecule has 0 aromatic heterocycles. The Morgan fingerprint density at radius 2 is 1.74 bits per heavy atom. The van der Waals surface area contributed by atoms with Crippen LogP contribution in [0, 0.1) is 12.8 Å². The number of amides is 1. The van der Waals surface area contributed by atoms with E-state index >= 15 is 0 Å². The van der Waals surface area contributed by atoms with E-state index in [-0.39, 0.29) is 23.6 Å². The maximum Gasteiger partial charge on any atom is 0.225 e. The molecule has 0 atom stereocenters. The molecule has 0 radical (unpaired) electrons. The summed E-state index contributed by atoms with van der Waals surface area (Å²) in [7, 11) is -3.34. The normalized spacial score (nSPS) is 19.8. The molecule has 0 bridgehead atoms. The molecule has 1 N–H and O–H groups in total. The van der Waals surface area contributed by atoms with E-state index in [1.165, 1.54) is 0 Å². The number of nitrogens with zero attached hydrogens (tertiary/aromatic N) is 1. The third-order valence-electron chi connectivity index (χ3n) is 4.56. The van der Waals surface area contributed by atoms with Crippen molar-refractivity contribution in [3.05, 3.63) is 35.4 Å². The van der Waals surface area contributed by atoms with E-state index in [1.54, 1.807) is 0 Å². The van der Waals surface area contributed by atoms with Crippen LogP contribution in [0.1, 0.15) is 36.8 Å². The number of hydrogen-bond donors (Lipinski definition) is 1. The molecule has 1 amide bonds. The molecule has 1 aromatic carbocycles. The Labute approximate surface area is 138 Å². The van der Waals surface area contributed by atoms with Crippen LogP contribution in [0.5, 0.6) is 0 Å². The maximum atomic E-state index is 12.3. The second-order valence-corrected chi connectivity index (χ2v) is 8.49. The van der Waals surface area contributed by atoms with Gasteiger partial charge in [0.05, 0.1) is 5.75 Å². The smallest absolute Gasteiger partial charge is 0.225 e. The number of nitrogens with one attached hydrogen (secondary N) is 1. The van der Waals surface area contributed by atoms with Crippen molar-refractivity contribution < 1.29 is 13.2 Å². The van der Waals surface area contributed by atoms with Gasteiger partial charge in [-0.1, -0.05) is 29.8 Å². The summed E-state index contributed by atoms with van der Waals surface area (Å²) in [6.45, 7) is 3.30. The number of benzene rings is 1. The van der Waals surface area contributed by atoms with Crippen molar-refractivity contribution in [3.63, 3.8) is 0 Å². The van der Waals surface area contributed by atoms with Gasteiger partial charge in [-0.3, -0.25) is 4.79 Å². The molecule has 1 aliphatic carbocycles. The number of rotatable bonds is 5. The zero-order valence-electron chi connectivity index (χ0n) is 13.5. The Hall–Kier alpha value is -1.40. The Balaban J connectivity index is 1.50. The summed E-state index contributed by atoms with van der Waals surface area (Å²) in [6.07, 6.45) is 3.43. The molecule has 1 aliphatic heterocycles. The standard InChI is InChI=1S/C17H24N2O3S/c1-13-2-4-14(5-3-13)12-23(21,22)18-16-8-10-19(11-9-16)17(20)15-6-7-15/h2-5,15-16,18H,6-12H2,1H3. The van der Waals surface area contributed by atoms with Gasteiger partial charge in [-0.25, -0.2) is 13.1 Å². The number of hydrogen-bond acceptors (Lipinski definition) is 3. The van der Waals surface area contributed by atoms with Crippen molar-refractivity contribution in [1.82, 2.24) is 9.62 Å². The van der Waals surface area contributed by atoms with Crippen molar-refractivity contribution >= 4 is 15.9 Å². The molecule has 2 fully saturated rings. The molecule has 0 spiro atoms. The van der Waals surface area contributed by atoms with E-state index in [4.69, 9.17) is 0 Å². The molecule has 6 heteroatoms. The third kappa shape index (κ3) is 4.54. The molecule has 3 rings (SSSR count). The van der Waals surface area contributed by atoms with Crippen LogP contribution in [0.15, 0.2) is 24.3 Å². The molecule has 1 saturated carbocycles. The van der Waals surface area contributed by atoms with Crippen LogP contribution < -0.4 is 4.72 Å². The Morgan fingerprint density at radius 1 is 1.13 bits per heavy atom. The van der Waals surface area contributed by atoms with Crippen LogP contribution >= 0.6 is 0 Å². The molecule has 2 aliphatic rings. The van der Waals surface area contributed by atoms with E-state index in [0.29, 0.717) is 25.9 Å². The first kappa shape index (κ1) is 16.5. The molecule has 126 valence electrons. The first-order valence-electron chi connectivity index (χ1n) is 8.27. The fraction of sp³-hybridized carbons (Fsp3) is 0.588. The lowest BCUT2D eigenvalue weighted by Crippen LogP contribution is -2.47. The number of carbonyl (C=O) groups excluding carboxylic acids is 1. The number of sulfonamides is 1. The van der Waals surface area contributed by atoms with Gasteiger partial charge in [0.2, 0.25) is 15.9 Å². The summed E-state index contributed by atoms with van der Waals surface area (Å²) >= 11 is 0. The molecule has 1 saturated heterocycles. The predicted molar refractivity (Wildman–Crippen MR) is 89.3 cm³/mol. The third-order valence-corrected chi connectivity index (χ3v) is 5.96. The first-order valence-corrected chi connectivity index (χ1v) is 9.92. The van der Waals surface area contributed by atoms with Crippen LogP contribution in [0.2, 0.25) is 0 Å². The fourth-order valence-electron chi connectivity index (χ4n) is 3.01. The summed E-state index contributed by atoms with van der Waals surface area (Å²) < 4.78 is 27.4. The summed E-state index contributed by atoms with van der Waals surface area (Å²) in [5.74, 6) is 0.504. The minimum Gasteiger partial charge on any atom is -0.342 e. The van der Waals surface area contributed by atoms with E-state index in [0.717, 1.165) is 24.0 Å². The monoisotopic (exact) mass is 336 g/mol. The minimum absolute atomic E-state index is 0.00843. The average molecular weight is 336 g/mol. The maximum absolute atomic E-state index is 12.3. The quantitative estimate of drug-likeness (QED) is 0.892. The summed E-state index contributed by atoms with van der Waals surface area (Å²) in [5, 5.41) is 0. The van der Waals surface area contributed by atoms with Crippen molar-refractivity contribution in [2.75, 3.05) is 13.1 Å². The van der Waals surface area contributed by atoms with Crippen molar-refractivity contribution in [1.29, 1.82) is 0 Å². The molecule has 1 heterocycles. The predicted octanol–water partition coefficient (Wildman–Crippen LogP) is 1.82. The Bertz CT molecular complexity index is 658. The highest BCUT2D eigenvalue weighted by atomic mass is 32.2. The Morgan fingerprint density at radius 3 is 2.30 bits per heavy atom. The van der Waals surface area contributed by atoms with Gasteiger partial charge in [0.1, 0.15) is 0 Å². The Kier molecular flexibility index (Phi) is 4.73. The van der Waals surface area contributed by atoms with Crippen molar-refractivity contribution in [2.24, 2.45) is 5.92 Å². The summed E-state index contributed by atoms with van der Waals surface area (Å²) in [6, 6.07) is 7.49.